The highest BCUT2D eigenvalue weighted by Crippen LogP contribution is 2.29. The number of rotatable bonds is 6. The number of hydrogen-bond donors (Lipinski definition) is 1. The quantitative estimate of drug-likeness (QED) is 0.866. The molecule has 2 aromatic heterocycles. The van der Waals surface area contributed by atoms with Crippen molar-refractivity contribution in [2.24, 2.45) is 5.92 Å². The smallest absolute Gasteiger partial charge is 0.220 e. The van der Waals surface area contributed by atoms with Crippen molar-refractivity contribution in [1.82, 2.24) is 30.0 Å². The number of amides is 1. The number of nitrogens with one attached hydrogen (secondary N) is 1. The van der Waals surface area contributed by atoms with E-state index in [9.17, 15) is 4.79 Å². The standard InChI is InChI=1S/C17H26N6O/c1-12(2)10-14(24)18-7-9-23-17-16(19-5-6-20-17)15(21-23)13-4-8-22(3)11-13/h5-6,12-13H,4,7-11H2,1-3H3,(H,18,24)/t13-/m0/s1. The lowest BCUT2D eigenvalue weighted by Gasteiger charge is -2.08. The fourth-order valence-electron chi connectivity index (χ4n) is 3.26. The van der Waals surface area contributed by atoms with Crippen LogP contribution in [0.1, 0.15) is 38.3 Å². The van der Waals surface area contributed by atoms with Crippen LogP contribution in [0.25, 0.3) is 11.2 Å². The van der Waals surface area contributed by atoms with Crippen molar-refractivity contribution in [2.75, 3.05) is 26.7 Å². The van der Waals surface area contributed by atoms with E-state index >= 15 is 0 Å². The van der Waals surface area contributed by atoms with E-state index in [1.54, 1.807) is 12.4 Å². The van der Waals surface area contributed by atoms with Crippen LogP contribution in [-0.2, 0) is 11.3 Å². The Hall–Kier alpha value is -2.02. The van der Waals surface area contributed by atoms with Gasteiger partial charge in [0.05, 0.1) is 12.2 Å². The lowest BCUT2D eigenvalue weighted by atomic mass is 10.0. The van der Waals surface area contributed by atoms with E-state index < -0.39 is 0 Å². The lowest BCUT2D eigenvalue weighted by Crippen LogP contribution is -2.28. The normalized spacial score (nSPS) is 18.6. The second-order valence-electron chi connectivity index (χ2n) is 7.03. The van der Waals surface area contributed by atoms with Crippen LogP contribution in [0.2, 0.25) is 0 Å². The molecule has 1 N–H and O–H groups in total. The van der Waals surface area contributed by atoms with E-state index in [1.165, 1.54) is 0 Å². The maximum atomic E-state index is 11.8. The van der Waals surface area contributed by atoms with Crippen LogP contribution >= 0.6 is 0 Å². The molecule has 3 heterocycles. The summed E-state index contributed by atoms with van der Waals surface area (Å²) in [4.78, 5) is 23.1. The summed E-state index contributed by atoms with van der Waals surface area (Å²) in [5.41, 5.74) is 2.74. The van der Waals surface area contributed by atoms with Crippen LogP contribution in [-0.4, -0.2) is 57.2 Å². The Kier molecular flexibility index (Phi) is 5.08. The third-order valence-corrected chi connectivity index (χ3v) is 4.41. The number of nitrogens with zero attached hydrogens (tertiary/aromatic N) is 5. The molecule has 1 saturated heterocycles. The van der Waals surface area contributed by atoms with Crippen LogP contribution in [0, 0.1) is 5.92 Å². The Morgan fingerprint density at radius 1 is 1.38 bits per heavy atom. The van der Waals surface area contributed by atoms with E-state index in [2.05, 4.69) is 27.2 Å². The van der Waals surface area contributed by atoms with Gasteiger partial charge in [0.15, 0.2) is 5.65 Å². The minimum atomic E-state index is 0.0881. The highest BCUT2D eigenvalue weighted by atomic mass is 16.1. The highest BCUT2D eigenvalue weighted by molar-refractivity contribution is 5.76. The molecule has 24 heavy (non-hydrogen) atoms. The van der Waals surface area contributed by atoms with Gasteiger partial charge in [-0.05, 0) is 25.9 Å². The Morgan fingerprint density at radius 3 is 2.88 bits per heavy atom. The van der Waals surface area contributed by atoms with Crippen LogP contribution in [0.3, 0.4) is 0 Å². The highest BCUT2D eigenvalue weighted by Gasteiger charge is 2.27. The second-order valence-corrected chi connectivity index (χ2v) is 7.03. The van der Waals surface area contributed by atoms with Crippen LogP contribution in [0.5, 0.6) is 0 Å². The number of fused-ring (bicyclic) bond motifs is 1. The van der Waals surface area contributed by atoms with E-state index in [4.69, 9.17) is 5.10 Å². The van der Waals surface area contributed by atoms with Crippen molar-refractivity contribution in [1.29, 1.82) is 0 Å². The molecule has 0 radical (unpaired) electrons. The fraction of sp³-hybridized carbons (Fsp3) is 0.647. The Morgan fingerprint density at radius 2 is 2.17 bits per heavy atom. The third-order valence-electron chi connectivity index (χ3n) is 4.41. The van der Waals surface area contributed by atoms with Gasteiger partial charge in [0.1, 0.15) is 5.52 Å². The summed E-state index contributed by atoms with van der Waals surface area (Å²) in [5, 5.41) is 7.73. The molecule has 1 amide bonds. The predicted octanol–water partition coefficient (Wildman–Crippen LogP) is 1.41. The minimum Gasteiger partial charge on any atom is -0.354 e. The molecular formula is C17H26N6O. The molecule has 130 valence electrons. The maximum absolute atomic E-state index is 11.8. The van der Waals surface area contributed by atoms with E-state index in [0.717, 1.165) is 36.4 Å². The number of aromatic nitrogens is 4. The number of likely N-dealkylation sites (N-methyl/N-ethyl adjacent to an activating group) is 1. The van der Waals surface area contributed by atoms with Crippen molar-refractivity contribution in [3.05, 3.63) is 18.1 Å². The van der Waals surface area contributed by atoms with Crippen molar-refractivity contribution in [2.45, 2.75) is 39.2 Å². The van der Waals surface area contributed by atoms with Crippen LogP contribution in [0.4, 0.5) is 0 Å². The van der Waals surface area contributed by atoms with E-state index in [0.29, 0.717) is 31.3 Å². The molecule has 1 atom stereocenters. The molecule has 7 nitrogen and oxygen atoms in total. The molecule has 7 heteroatoms. The molecule has 3 rings (SSSR count). The first kappa shape index (κ1) is 16.8. The number of carbonyl (C=O) groups is 1. The van der Waals surface area contributed by atoms with Crippen LogP contribution < -0.4 is 5.32 Å². The Balaban J connectivity index is 1.73. The molecular weight excluding hydrogens is 304 g/mol. The average molecular weight is 330 g/mol. The van der Waals surface area contributed by atoms with Crippen molar-refractivity contribution >= 4 is 17.1 Å². The summed E-state index contributed by atoms with van der Waals surface area (Å²) in [6.07, 6.45) is 5.08. The molecule has 1 aliphatic heterocycles. The third kappa shape index (κ3) is 3.72. The van der Waals surface area contributed by atoms with Gasteiger partial charge in [-0.3, -0.25) is 4.79 Å². The first-order chi connectivity index (χ1) is 11.5. The van der Waals surface area contributed by atoms with Gasteiger partial charge in [-0.15, -0.1) is 0 Å². The van der Waals surface area contributed by atoms with E-state index in [-0.39, 0.29) is 5.91 Å². The first-order valence-corrected chi connectivity index (χ1v) is 8.67. The van der Waals surface area contributed by atoms with Gasteiger partial charge in [0.2, 0.25) is 5.91 Å². The predicted molar refractivity (Wildman–Crippen MR) is 92.6 cm³/mol. The summed E-state index contributed by atoms with van der Waals surface area (Å²) in [5.74, 6) is 0.864. The zero-order valence-corrected chi connectivity index (χ0v) is 14.7. The van der Waals surface area contributed by atoms with Crippen LogP contribution in [0.15, 0.2) is 12.4 Å². The minimum absolute atomic E-state index is 0.0881. The average Bonchev–Trinajstić information content (AvgIpc) is 3.11. The molecule has 0 aliphatic carbocycles. The first-order valence-electron chi connectivity index (χ1n) is 8.67. The summed E-state index contributed by atoms with van der Waals surface area (Å²) in [6.45, 7) is 7.35. The Labute approximate surface area is 142 Å². The molecule has 0 bridgehead atoms. The molecule has 1 fully saturated rings. The van der Waals surface area contributed by atoms with Crippen molar-refractivity contribution in [3.63, 3.8) is 0 Å². The molecule has 0 unspecified atom stereocenters. The fourth-order valence-corrected chi connectivity index (χ4v) is 3.26. The van der Waals surface area contributed by atoms with Crippen molar-refractivity contribution in [3.8, 4) is 0 Å². The summed E-state index contributed by atoms with van der Waals surface area (Å²) in [7, 11) is 2.13. The number of carbonyl (C=O) groups excluding carboxylic acids is 1. The van der Waals surface area contributed by atoms with Gasteiger partial charge in [0, 0.05) is 37.8 Å². The molecule has 0 saturated carbocycles. The zero-order chi connectivity index (χ0) is 17.1. The summed E-state index contributed by atoms with van der Waals surface area (Å²) < 4.78 is 1.88. The van der Waals surface area contributed by atoms with Gasteiger partial charge < -0.3 is 10.2 Å². The SMILES string of the molecule is CC(C)CC(=O)NCCn1nc([C@H]2CCN(C)C2)c2nccnc21. The molecule has 0 aromatic carbocycles. The summed E-state index contributed by atoms with van der Waals surface area (Å²) >= 11 is 0. The maximum Gasteiger partial charge on any atom is 0.220 e. The van der Waals surface area contributed by atoms with Gasteiger partial charge in [-0.1, -0.05) is 13.8 Å². The molecule has 0 spiro atoms. The zero-order valence-electron chi connectivity index (χ0n) is 14.7. The largest absolute Gasteiger partial charge is 0.354 e. The second kappa shape index (κ2) is 7.25. The van der Waals surface area contributed by atoms with Gasteiger partial charge in [-0.25, -0.2) is 14.6 Å². The molecule has 2 aromatic rings. The Bertz CT molecular complexity index is 710. The van der Waals surface area contributed by atoms with Gasteiger partial charge in [-0.2, -0.15) is 5.10 Å². The van der Waals surface area contributed by atoms with E-state index in [1.807, 2.05) is 18.5 Å². The lowest BCUT2D eigenvalue weighted by molar-refractivity contribution is -0.121. The monoisotopic (exact) mass is 330 g/mol. The number of likely N-dealkylation sites (tertiary alicyclic amines) is 1. The molecule has 1 aliphatic rings. The van der Waals surface area contributed by atoms with Crippen molar-refractivity contribution < 1.29 is 4.79 Å². The topological polar surface area (TPSA) is 75.9 Å². The number of hydrogen-bond acceptors (Lipinski definition) is 5. The van der Waals surface area contributed by atoms with Gasteiger partial charge in [0.25, 0.3) is 0 Å². The van der Waals surface area contributed by atoms with Gasteiger partial charge >= 0.3 is 0 Å². The summed E-state index contributed by atoms with van der Waals surface area (Å²) in [6, 6.07) is 0.